The van der Waals surface area contributed by atoms with Gasteiger partial charge in [-0.1, -0.05) is 11.6 Å². The Balaban J connectivity index is 1.47. The second-order valence-electron chi connectivity index (χ2n) is 10.5. The first-order valence-electron chi connectivity index (χ1n) is 11.7. The van der Waals surface area contributed by atoms with Crippen molar-refractivity contribution in [2.24, 2.45) is 5.41 Å². The molecule has 10 nitrogen and oxygen atoms in total. The SMILES string of the molecule is CC(C)(C)OC(=O)N1C2COCC1CN(c1nc(OCC3(CO)CC3)nc3c(F)c(Cl)ncc13)C2. The fourth-order valence-corrected chi connectivity index (χ4v) is 4.64. The number of halogens is 2. The quantitative estimate of drug-likeness (QED) is 0.608. The summed E-state index contributed by atoms with van der Waals surface area (Å²) in [6.45, 7) is 7.21. The van der Waals surface area contributed by atoms with Gasteiger partial charge in [-0.3, -0.25) is 4.90 Å². The summed E-state index contributed by atoms with van der Waals surface area (Å²) in [7, 11) is 0. The molecule has 190 valence electrons. The minimum absolute atomic E-state index is 0.00405. The van der Waals surface area contributed by atoms with Gasteiger partial charge >= 0.3 is 12.1 Å². The molecule has 0 radical (unpaired) electrons. The molecule has 1 amide bonds. The number of hydrogen-bond acceptors (Lipinski definition) is 9. The van der Waals surface area contributed by atoms with Crippen molar-refractivity contribution in [1.29, 1.82) is 0 Å². The molecule has 2 bridgehead atoms. The van der Waals surface area contributed by atoms with E-state index in [1.54, 1.807) is 4.90 Å². The highest BCUT2D eigenvalue weighted by atomic mass is 35.5. The molecule has 1 saturated carbocycles. The van der Waals surface area contributed by atoms with Crippen LogP contribution in [-0.4, -0.2) is 88.3 Å². The number of fused-ring (bicyclic) bond motifs is 3. The average molecular weight is 510 g/mol. The molecule has 3 aliphatic rings. The van der Waals surface area contributed by atoms with Gasteiger partial charge in [0.2, 0.25) is 0 Å². The standard InChI is InChI=1S/C23H29ClFN5O5/c1-22(2,3)35-21(32)30-13-7-29(8-14(30)10-33-9-13)19-15-6-26-18(24)16(25)17(15)27-20(28-19)34-12-23(11-31)4-5-23/h6,13-14,31H,4-5,7-12H2,1-3H3. The number of hydrogen-bond donors (Lipinski definition) is 1. The van der Waals surface area contributed by atoms with Crippen molar-refractivity contribution in [3.8, 4) is 6.01 Å². The molecule has 0 spiro atoms. The molecule has 35 heavy (non-hydrogen) atoms. The summed E-state index contributed by atoms with van der Waals surface area (Å²) in [5, 5.41) is 9.71. The molecule has 2 aromatic heterocycles. The number of amides is 1. The predicted molar refractivity (Wildman–Crippen MR) is 125 cm³/mol. The van der Waals surface area contributed by atoms with Gasteiger partial charge in [-0.15, -0.1) is 0 Å². The molecule has 12 heteroatoms. The van der Waals surface area contributed by atoms with Gasteiger partial charge in [0.15, 0.2) is 11.0 Å². The third-order valence-corrected chi connectivity index (χ3v) is 6.84. The largest absolute Gasteiger partial charge is 0.463 e. The highest BCUT2D eigenvalue weighted by Crippen LogP contribution is 2.45. The molecular weight excluding hydrogens is 481 g/mol. The molecule has 0 aromatic carbocycles. The molecule has 1 aliphatic carbocycles. The van der Waals surface area contributed by atoms with Crippen LogP contribution in [-0.2, 0) is 9.47 Å². The molecule has 2 aromatic rings. The van der Waals surface area contributed by atoms with Crippen LogP contribution in [0.15, 0.2) is 6.20 Å². The van der Waals surface area contributed by atoms with Crippen LogP contribution >= 0.6 is 11.6 Å². The maximum Gasteiger partial charge on any atom is 0.411 e. The van der Waals surface area contributed by atoms with Crippen molar-refractivity contribution < 1.29 is 28.5 Å². The molecule has 2 saturated heterocycles. The molecule has 3 fully saturated rings. The zero-order valence-electron chi connectivity index (χ0n) is 20.0. The van der Waals surface area contributed by atoms with E-state index in [1.165, 1.54) is 6.20 Å². The van der Waals surface area contributed by atoms with E-state index in [0.29, 0.717) is 37.5 Å². The third kappa shape index (κ3) is 4.81. The van der Waals surface area contributed by atoms with Crippen molar-refractivity contribution in [1.82, 2.24) is 19.9 Å². The van der Waals surface area contributed by atoms with E-state index >= 15 is 0 Å². The maximum absolute atomic E-state index is 14.9. The normalized spacial score (nSPS) is 23.4. The second kappa shape index (κ2) is 8.86. The number of aliphatic hydroxyl groups excluding tert-OH is 1. The Labute approximate surface area is 207 Å². The summed E-state index contributed by atoms with van der Waals surface area (Å²) in [4.78, 5) is 29.5. The average Bonchev–Trinajstić information content (AvgIpc) is 3.58. The summed E-state index contributed by atoms with van der Waals surface area (Å²) < 4.78 is 32.1. The second-order valence-corrected chi connectivity index (χ2v) is 10.9. The minimum Gasteiger partial charge on any atom is -0.463 e. The molecular formula is C23H29ClFN5O5. The number of morpholine rings is 1. The smallest absolute Gasteiger partial charge is 0.411 e. The van der Waals surface area contributed by atoms with Crippen molar-refractivity contribution in [3.05, 3.63) is 17.2 Å². The van der Waals surface area contributed by atoms with Crippen LogP contribution in [0.2, 0.25) is 5.15 Å². The monoisotopic (exact) mass is 509 g/mol. The highest BCUT2D eigenvalue weighted by Gasteiger charge is 2.45. The number of carbonyl (C=O) groups is 1. The van der Waals surface area contributed by atoms with Gasteiger partial charge in [-0.2, -0.15) is 9.97 Å². The lowest BCUT2D eigenvalue weighted by Crippen LogP contribution is -2.66. The first-order chi connectivity index (χ1) is 16.6. The van der Waals surface area contributed by atoms with E-state index in [1.807, 2.05) is 25.7 Å². The van der Waals surface area contributed by atoms with E-state index < -0.39 is 11.4 Å². The number of ether oxygens (including phenoxy) is 3. The summed E-state index contributed by atoms with van der Waals surface area (Å²) in [5.74, 6) is -0.306. The van der Waals surface area contributed by atoms with Crippen LogP contribution < -0.4 is 9.64 Å². The van der Waals surface area contributed by atoms with Crippen molar-refractivity contribution >= 4 is 34.4 Å². The summed E-state index contributed by atoms with van der Waals surface area (Å²) in [6.07, 6.45) is 2.77. The number of aromatic nitrogens is 3. The van der Waals surface area contributed by atoms with Crippen LogP contribution in [0.3, 0.4) is 0 Å². The van der Waals surface area contributed by atoms with Gasteiger partial charge in [0, 0.05) is 24.7 Å². The number of nitrogens with zero attached hydrogens (tertiary/aromatic N) is 5. The van der Waals surface area contributed by atoms with Crippen LogP contribution in [0.1, 0.15) is 33.6 Å². The van der Waals surface area contributed by atoms with E-state index in [2.05, 4.69) is 15.0 Å². The van der Waals surface area contributed by atoms with Gasteiger partial charge in [0.05, 0.1) is 43.9 Å². The number of pyridine rings is 1. The Morgan fingerprint density at radius 2 is 1.97 bits per heavy atom. The maximum atomic E-state index is 14.9. The number of rotatable bonds is 5. The van der Waals surface area contributed by atoms with E-state index in [9.17, 15) is 14.3 Å². The zero-order chi connectivity index (χ0) is 25.0. The molecule has 2 atom stereocenters. The van der Waals surface area contributed by atoms with E-state index in [0.717, 1.165) is 12.8 Å². The van der Waals surface area contributed by atoms with Crippen molar-refractivity contribution in [2.75, 3.05) is 44.4 Å². The Kier molecular flexibility index (Phi) is 6.13. The van der Waals surface area contributed by atoms with E-state index in [-0.39, 0.29) is 53.5 Å². The number of piperazine rings is 1. The van der Waals surface area contributed by atoms with Gasteiger partial charge in [0.1, 0.15) is 16.9 Å². The number of carbonyl (C=O) groups excluding carboxylic acids is 1. The zero-order valence-corrected chi connectivity index (χ0v) is 20.7. The van der Waals surface area contributed by atoms with Gasteiger partial charge in [-0.25, -0.2) is 14.2 Å². The number of anilines is 1. The molecule has 2 unspecified atom stereocenters. The first-order valence-corrected chi connectivity index (χ1v) is 12.1. The molecule has 4 heterocycles. The summed E-state index contributed by atoms with van der Waals surface area (Å²) in [6, 6.07) is -0.550. The summed E-state index contributed by atoms with van der Waals surface area (Å²) in [5.41, 5.74) is -0.899. The fourth-order valence-electron chi connectivity index (χ4n) is 4.50. The first kappa shape index (κ1) is 24.2. The van der Waals surface area contributed by atoms with Gasteiger partial charge in [0.25, 0.3) is 0 Å². The van der Waals surface area contributed by atoms with Crippen LogP contribution in [0, 0.1) is 11.2 Å². The van der Waals surface area contributed by atoms with Crippen LogP contribution in [0.25, 0.3) is 10.9 Å². The lowest BCUT2D eigenvalue weighted by atomic mass is 10.0. The highest BCUT2D eigenvalue weighted by molar-refractivity contribution is 6.30. The van der Waals surface area contributed by atoms with Gasteiger partial charge < -0.3 is 24.2 Å². The predicted octanol–water partition coefficient (Wildman–Crippen LogP) is 2.79. The topological polar surface area (TPSA) is 110 Å². The van der Waals surface area contributed by atoms with Gasteiger partial charge in [-0.05, 0) is 33.6 Å². The Morgan fingerprint density at radius 3 is 2.57 bits per heavy atom. The lowest BCUT2D eigenvalue weighted by molar-refractivity contribution is -0.0665. The minimum atomic E-state index is -0.753. The number of aliphatic hydroxyl groups is 1. The van der Waals surface area contributed by atoms with Crippen molar-refractivity contribution in [2.45, 2.75) is 51.3 Å². The van der Waals surface area contributed by atoms with Crippen molar-refractivity contribution in [3.63, 3.8) is 0 Å². The molecule has 5 rings (SSSR count). The third-order valence-electron chi connectivity index (χ3n) is 6.57. The fraction of sp³-hybridized carbons (Fsp3) is 0.652. The lowest BCUT2D eigenvalue weighted by Gasteiger charge is -2.49. The Morgan fingerprint density at radius 1 is 1.29 bits per heavy atom. The Hall–Kier alpha value is -2.50. The Bertz CT molecular complexity index is 1130. The molecule has 1 N–H and O–H groups in total. The van der Waals surface area contributed by atoms with Crippen LogP contribution in [0.4, 0.5) is 15.0 Å². The summed E-state index contributed by atoms with van der Waals surface area (Å²) >= 11 is 5.94. The molecule has 2 aliphatic heterocycles. The van der Waals surface area contributed by atoms with E-state index in [4.69, 9.17) is 25.8 Å². The van der Waals surface area contributed by atoms with Crippen LogP contribution in [0.5, 0.6) is 6.01 Å².